The molecule has 1 aromatic rings. The van der Waals surface area contributed by atoms with Crippen LogP contribution in [0.3, 0.4) is 0 Å². The van der Waals surface area contributed by atoms with Gasteiger partial charge in [-0.05, 0) is 69.3 Å². The van der Waals surface area contributed by atoms with Gasteiger partial charge in [-0.25, -0.2) is 8.42 Å². The summed E-state index contributed by atoms with van der Waals surface area (Å²) in [5.74, 6) is 0.593. The van der Waals surface area contributed by atoms with Crippen LogP contribution in [0, 0.1) is 13.8 Å². The minimum atomic E-state index is -3.70. The van der Waals surface area contributed by atoms with Crippen LogP contribution in [0.15, 0.2) is 17.0 Å². The lowest BCUT2D eigenvalue weighted by molar-refractivity contribution is -0.138. The first-order valence-electron chi connectivity index (χ1n) is 14.1. The molecule has 0 bridgehead atoms. The number of nitrogens with zero attached hydrogens (tertiary/aromatic N) is 4. The second-order valence-electron chi connectivity index (χ2n) is 10.6. The molecule has 1 aliphatic heterocycles. The number of aryl methyl sites for hydroxylation is 2. The predicted octanol–water partition coefficient (Wildman–Crippen LogP) is 2.75. The van der Waals surface area contributed by atoms with Gasteiger partial charge in [-0.2, -0.15) is 4.31 Å². The van der Waals surface area contributed by atoms with E-state index in [1.54, 1.807) is 33.1 Å². The SMILES string of the molecule is CCN1CCN([C@@H]2CCC[C@H](N(C)C(=O)COCCN(CC)S(=O)(=O)c3c(C)cc(OC)cc3C)C2)CC1. The molecule has 1 saturated carbocycles. The summed E-state index contributed by atoms with van der Waals surface area (Å²) in [7, 11) is -0.251. The maximum Gasteiger partial charge on any atom is 0.248 e. The third-order valence-electron chi connectivity index (χ3n) is 8.26. The summed E-state index contributed by atoms with van der Waals surface area (Å²) >= 11 is 0. The summed E-state index contributed by atoms with van der Waals surface area (Å²) in [5, 5.41) is 0. The molecule has 3 rings (SSSR count). The quantitative estimate of drug-likeness (QED) is 0.369. The number of carbonyl (C=O) groups is 1. The number of rotatable bonds is 12. The van der Waals surface area contributed by atoms with E-state index in [9.17, 15) is 13.2 Å². The number of sulfonamides is 1. The molecule has 38 heavy (non-hydrogen) atoms. The van der Waals surface area contributed by atoms with Crippen molar-refractivity contribution in [2.45, 2.75) is 70.4 Å². The van der Waals surface area contributed by atoms with Crippen LogP contribution in [0.5, 0.6) is 5.75 Å². The Morgan fingerprint density at radius 2 is 1.74 bits per heavy atom. The van der Waals surface area contributed by atoms with Gasteiger partial charge < -0.3 is 19.3 Å². The van der Waals surface area contributed by atoms with Gasteiger partial charge in [0, 0.05) is 58.4 Å². The number of hydrogen-bond acceptors (Lipinski definition) is 7. The van der Waals surface area contributed by atoms with E-state index in [1.807, 2.05) is 18.9 Å². The first-order chi connectivity index (χ1) is 18.1. The molecule has 9 nitrogen and oxygen atoms in total. The number of carbonyl (C=O) groups excluding carboxylic acids is 1. The molecular weight excluding hydrogens is 504 g/mol. The van der Waals surface area contributed by atoms with Gasteiger partial charge in [0.05, 0.1) is 18.6 Å². The van der Waals surface area contributed by atoms with E-state index in [2.05, 4.69) is 16.7 Å². The highest BCUT2D eigenvalue weighted by molar-refractivity contribution is 7.89. The first kappa shape index (κ1) is 30.8. The van der Waals surface area contributed by atoms with E-state index < -0.39 is 10.0 Å². The van der Waals surface area contributed by atoms with Crippen molar-refractivity contribution in [2.24, 2.45) is 0 Å². The lowest BCUT2D eigenvalue weighted by Crippen LogP contribution is -2.53. The van der Waals surface area contributed by atoms with Gasteiger partial charge in [0.15, 0.2) is 0 Å². The third kappa shape index (κ3) is 7.47. The fraction of sp³-hybridized carbons (Fsp3) is 0.750. The average Bonchev–Trinajstić information content (AvgIpc) is 2.91. The molecule has 2 fully saturated rings. The molecule has 1 aliphatic carbocycles. The van der Waals surface area contributed by atoms with Crippen LogP contribution in [0.4, 0.5) is 0 Å². The van der Waals surface area contributed by atoms with E-state index in [0.717, 1.165) is 52.0 Å². The number of hydrogen-bond donors (Lipinski definition) is 0. The highest BCUT2D eigenvalue weighted by atomic mass is 32.2. The number of ether oxygens (including phenoxy) is 2. The molecule has 10 heteroatoms. The standard InChI is InChI=1S/C28H48N4O5S/c1-7-30-12-14-31(15-13-30)25-11-9-10-24(20-25)29(5)27(33)21-37-17-16-32(8-2)38(34,35)28-22(3)18-26(36-6)19-23(28)4/h18-19,24-25H,7-17,20-21H2,1-6H3/t24-,25+/m0/s1. The summed E-state index contributed by atoms with van der Waals surface area (Å²) in [6.07, 6.45) is 4.37. The van der Waals surface area contributed by atoms with Crippen molar-refractivity contribution in [1.82, 2.24) is 19.0 Å². The number of methoxy groups -OCH3 is 1. The van der Waals surface area contributed by atoms with Crippen LogP contribution in [0.2, 0.25) is 0 Å². The zero-order valence-electron chi connectivity index (χ0n) is 24.2. The van der Waals surface area contributed by atoms with Crippen molar-refractivity contribution in [2.75, 3.05) is 73.2 Å². The summed E-state index contributed by atoms with van der Waals surface area (Å²) in [6, 6.07) is 4.24. The summed E-state index contributed by atoms with van der Waals surface area (Å²) < 4.78 is 39.2. The topological polar surface area (TPSA) is 82.6 Å². The maximum atomic E-state index is 13.4. The summed E-state index contributed by atoms with van der Waals surface area (Å²) in [6.45, 7) is 13.8. The van der Waals surface area contributed by atoms with Gasteiger partial charge in [0.2, 0.25) is 15.9 Å². The van der Waals surface area contributed by atoms with Gasteiger partial charge in [-0.15, -0.1) is 0 Å². The normalized spacial score (nSPS) is 21.6. The molecule has 1 amide bonds. The Morgan fingerprint density at radius 1 is 1.08 bits per heavy atom. The molecule has 0 spiro atoms. The molecule has 1 aromatic carbocycles. The van der Waals surface area contributed by atoms with Gasteiger partial charge >= 0.3 is 0 Å². The Labute approximate surface area is 230 Å². The summed E-state index contributed by atoms with van der Waals surface area (Å²) in [4.78, 5) is 20.2. The predicted molar refractivity (Wildman–Crippen MR) is 150 cm³/mol. The molecule has 1 heterocycles. The van der Waals surface area contributed by atoms with Crippen molar-refractivity contribution in [3.05, 3.63) is 23.3 Å². The molecule has 0 aromatic heterocycles. The minimum absolute atomic E-state index is 0.0367. The fourth-order valence-corrected chi connectivity index (χ4v) is 7.76. The van der Waals surface area contributed by atoms with Crippen molar-refractivity contribution < 1.29 is 22.7 Å². The van der Waals surface area contributed by atoms with Crippen molar-refractivity contribution >= 4 is 15.9 Å². The van der Waals surface area contributed by atoms with Crippen LogP contribution in [-0.2, 0) is 19.6 Å². The smallest absolute Gasteiger partial charge is 0.248 e. The van der Waals surface area contributed by atoms with E-state index in [4.69, 9.17) is 9.47 Å². The Kier molecular flexibility index (Phi) is 11.4. The number of benzene rings is 1. The van der Waals surface area contributed by atoms with Gasteiger partial charge in [-0.1, -0.05) is 13.8 Å². The molecule has 0 N–H and O–H groups in total. The largest absolute Gasteiger partial charge is 0.497 e. The Morgan fingerprint density at radius 3 is 2.32 bits per heavy atom. The van der Waals surface area contributed by atoms with E-state index in [-0.39, 0.29) is 31.7 Å². The second-order valence-corrected chi connectivity index (χ2v) is 12.5. The van der Waals surface area contributed by atoms with E-state index >= 15 is 0 Å². The molecule has 0 unspecified atom stereocenters. The van der Waals surface area contributed by atoms with E-state index in [0.29, 0.717) is 34.4 Å². The average molecular weight is 553 g/mol. The van der Waals surface area contributed by atoms with Crippen LogP contribution in [-0.4, -0.2) is 119 Å². The van der Waals surface area contributed by atoms with Crippen molar-refractivity contribution in [3.8, 4) is 5.75 Å². The molecule has 2 aliphatic rings. The van der Waals surface area contributed by atoms with E-state index in [1.165, 1.54) is 10.7 Å². The first-order valence-corrected chi connectivity index (χ1v) is 15.5. The molecule has 0 radical (unpaired) electrons. The van der Waals surface area contributed by atoms with Crippen molar-refractivity contribution in [1.29, 1.82) is 0 Å². The summed E-state index contributed by atoms with van der Waals surface area (Å²) in [5.41, 5.74) is 1.30. The Bertz CT molecular complexity index is 1000. The minimum Gasteiger partial charge on any atom is -0.497 e. The monoisotopic (exact) mass is 552 g/mol. The van der Waals surface area contributed by atoms with Crippen LogP contribution >= 0.6 is 0 Å². The van der Waals surface area contributed by atoms with Crippen LogP contribution < -0.4 is 4.74 Å². The maximum absolute atomic E-state index is 13.4. The zero-order chi connectivity index (χ0) is 27.9. The highest BCUT2D eigenvalue weighted by Gasteiger charge is 2.32. The van der Waals surface area contributed by atoms with Gasteiger partial charge in [-0.3, -0.25) is 9.69 Å². The number of amides is 1. The van der Waals surface area contributed by atoms with Crippen molar-refractivity contribution in [3.63, 3.8) is 0 Å². The number of piperazine rings is 1. The number of likely N-dealkylation sites (N-methyl/N-ethyl adjacent to an activating group) is 3. The van der Waals surface area contributed by atoms with Crippen LogP contribution in [0.25, 0.3) is 0 Å². The lowest BCUT2D eigenvalue weighted by Gasteiger charge is -2.43. The molecule has 1 saturated heterocycles. The van der Waals surface area contributed by atoms with Gasteiger partial charge in [0.1, 0.15) is 12.4 Å². The Balaban J connectivity index is 1.49. The highest BCUT2D eigenvalue weighted by Crippen LogP contribution is 2.29. The molecular formula is C28H48N4O5S. The lowest BCUT2D eigenvalue weighted by atomic mass is 9.88. The van der Waals surface area contributed by atoms with Crippen LogP contribution in [0.1, 0.15) is 50.7 Å². The fourth-order valence-electron chi connectivity index (χ4n) is 5.91. The van der Waals surface area contributed by atoms with Gasteiger partial charge in [0.25, 0.3) is 0 Å². The molecule has 2 atom stereocenters. The third-order valence-corrected chi connectivity index (χ3v) is 10.5. The Hall–Kier alpha value is -1.72. The molecule has 216 valence electrons. The zero-order valence-corrected chi connectivity index (χ0v) is 25.1. The second kappa shape index (κ2) is 14.1.